The van der Waals surface area contributed by atoms with Gasteiger partial charge < -0.3 is 5.32 Å². The molecule has 0 amide bonds. The van der Waals surface area contributed by atoms with Crippen LogP contribution < -0.4 is 5.32 Å². The van der Waals surface area contributed by atoms with Crippen LogP contribution in [0, 0.1) is 11.3 Å². The van der Waals surface area contributed by atoms with E-state index in [2.05, 4.69) is 38.4 Å². The first-order chi connectivity index (χ1) is 8.79. The lowest BCUT2D eigenvalue weighted by Crippen LogP contribution is -2.05. The minimum Gasteiger partial charge on any atom is -0.384 e. The Morgan fingerprint density at radius 2 is 2.22 bits per heavy atom. The molecule has 18 heavy (non-hydrogen) atoms. The van der Waals surface area contributed by atoms with Crippen molar-refractivity contribution < 1.29 is 0 Å². The summed E-state index contributed by atoms with van der Waals surface area (Å²) in [5.41, 5.74) is 2.85. The highest BCUT2D eigenvalue weighted by Crippen LogP contribution is 2.23. The summed E-state index contributed by atoms with van der Waals surface area (Å²) in [5, 5.41) is 12.1. The van der Waals surface area contributed by atoms with E-state index >= 15 is 0 Å². The summed E-state index contributed by atoms with van der Waals surface area (Å²) >= 11 is 3.45. The fourth-order valence-corrected chi connectivity index (χ4v) is 2.13. The Morgan fingerprint density at radius 1 is 1.33 bits per heavy atom. The van der Waals surface area contributed by atoms with Gasteiger partial charge in [0.1, 0.15) is 0 Å². The highest BCUT2D eigenvalue weighted by Gasteiger charge is 2.00. The van der Waals surface area contributed by atoms with Gasteiger partial charge in [0.05, 0.1) is 11.6 Å². The highest BCUT2D eigenvalue weighted by atomic mass is 79.9. The standard InChI is InChI=1S/C14H12BrN3/c15-13-8-12(9-16)3-4-14(13)18-7-5-11-2-1-6-17-10-11/h1-4,6,8,10,18H,5,7H2. The van der Waals surface area contributed by atoms with E-state index in [9.17, 15) is 0 Å². The first-order valence-electron chi connectivity index (χ1n) is 5.62. The molecule has 4 heteroatoms. The molecule has 0 bridgehead atoms. The molecule has 0 aliphatic heterocycles. The summed E-state index contributed by atoms with van der Waals surface area (Å²) in [6.07, 6.45) is 4.56. The van der Waals surface area contributed by atoms with E-state index in [0.717, 1.165) is 23.1 Å². The summed E-state index contributed by atoms with van der Waals surface area (Å²) in [7, 11) is 0. The van der Waals surface area contributed by atoms with E-state index in [1.807, 2.05) is 24.4 Å². The van der Waals surface area contributed by atoms with Crippen LogP contribution in [-0.4, -0.2) is 11.5 Å². The van der Waals surface area contributed by atoms with Crippen LogP contribution in [0.3, 0.4) is 0 Å². The quantitative estimate of drug-likeness (QED) is 0.942. The third-order valence-corrected chi connectivity index (χ3v) is 3.21. The summed E-state index contributed by atoms with van der Waals surface area (Å²) in [6, 6.07) is 11.6. The van der Waals surface area contributed by atoms with Gasteiger partial charge in [0.2, 0.25) is 0 Å². The van der Waals surface area contributed by atoms with E-state index in [1.165, 1.54) is 5.56 Å². The molecular formula is C14H12BrN3. The van der Waals surface area contributed by atoms with Crippen LogP contribution in [0.2, 0.25) is 0 Å². The first kappa shape index (κ1) is 12.6. The van der Waals surface area contributed by atoms with Crippen LogP contribution in [0.15, 0.2) is 47.2 Å². The number of nitrogens with one attached hydrogen (secondary N) is 1. The molecule has 1 heterocycles. The molecule has 0 fully saturated rings. The molecule has 0 saturated heterocycles. The fraction of sp³-hybridized carbons (Fsp3) is 0.143. The molecular weight excluding hydrogens is 290 g/mol. The molecule has 1 N–H and O–H groups in total. The second-order valence-corrected chi connectivity index (χ2v) is 4.70. The van der Waals surface area contributed by atoms with E-state index in [1.54, 1.807) is 12.3 Å². The molecule has 3 nitrogen and oxygen atoms in total. The van der Waals surface area contributed by atoms with Gasteiger partial charge in [0.25, 0.3) is 0 Å². The van der Waals surface area contributed by atoms with E-state index in [0.29, 0.717) is 5.56 Å². The van der Waals surface area contributed by atoms with Crippen molar-refractivity contribution in [3.8, 4) is 6.07 Å². The van der Waals surface area contributed by atoms with Crippen molar-refractivity contribution in [3.05, 3.63) is 58.3 Å². The fourth-order valence-electron chi connectivity index (χ4n) is 1.62. The number of hydrogen-bond donors (Lipinski definition) is 1. The Balaban J connectivity index is 1.93. The zero-order valence-corrected chi connectivity index (χ0v) is 11.3. The van der Waals surface area contributed by atoms with Crippen molar-refractivity contribution in [2.75, 3.05) is 11.9 Å². The summed E-state index contributed by atoms with van der Waals surface area (Å²) in [6.45, 7) is 0.830. The number of anilines is 1. The van der Waals surface area contributed by atoms with Gasteiger partial charge in [-0.25, -0.2) is 0 Å². The van der Waals surface area contributed by atoms with Crippen molar-refractivity contribution in [2.45, 2.75) is 6.42 Å². The van der Waals surface area contributed by atoms with Gasteiger partial charge in [0.15, 0.2) is 0 Å². The molecule has 0 aliphatic carbocycles. The molecule has 0 spiro atoms. The van der Waals surface area contributed by atoms with Gasteiger partial charge in [0, 0.05) is 29.1 Å². The van der Waals surface area contributed by atoms with Crippen LogP contribution in [-0.2, 0) is 6.42 Å². The average molecular weight is 302 g/mol. The Kier molecular flexibility index (Phi) is 4.32. The first-order valence-corrected chi connectivity index (χ1v) is 6.41. The minimum absolute atomic E-state index is 0.652. The molecule has 90 valence electrons. The zero-order valence-electron chi connectivity index (χ0n) is 9.73. The number of halogens is 1. The van der Waals surface area contributed by atoms with Gasteiger partial charge in [-0.05, 0) is 52.2 Å². The molecule has 0 unspecified atom stereocenters. The maximum atomic E-state index is 8.78. The SMILES string of the molecule is N#Cc1ccc(NCCc2cccnc2)c(Br)c1. The van der Waals surface area contributed by atoms with E-state index < -0.39 is 0 Å². The lowest BCUT2D eigenvalue weighted by Gasteiger charge is -2.08. The molecule has 2 aromatic rings. The number of benzene rings is 1. The van der Waals surface area contributed by atoms with Gasteiger partial charge >= 0.3 is 0 Å². The Bertz CT molecular complexity index is 561. The molecule has 2 rings (SSSR count). The van der Waals surface area contributed by atoms with Gasteiger partial charge in [-0.15, -0.1) is 0 Å². The number of nitrogens with zero attached hydrogens (tertiary/aromatic N) is 2. The third-order valence-electron chi connectivity index (χ3n) is 2.55. The number of aromatic nitrogens is 1. The normalized spacial score (nSPS) is 9.78. The van der Waals surface area contributed by atoms with E-state index in [4.69, 9.17) is 5.26 Å². The Morgan fingerprint density at radius 3 is 2.89 bits per heavy atom. The second kappa shape index (κ2) is 6.18. The molecule has 1 aromatic carbocycles. The van der Waals surface area contributed by atoms with Gasteiger partial charge in [-0.3, -0.25) is 4.98 Å². The molecule has 0 aliphatic rings. The summed E-state index contributed by atoms with van der Waals surface area (Å²) in [5.74, 6) is 0. The lowest BCUT2D eigenvalue weighted by molar-refractivity contribution is 1.00. The molecule has 1 aromatic heterocycles. The van der Waals surface area contributed by atoms with Crippen LogP contribution in [0.5, 0.6) is 0 Å². The lowest BCUT2D eigenvalue weighted by atomic mass is 10.2. The van der Waals surface area contributed by atoms with Crippen LogP contribution in [0.4, 0.5) is 5.69 Å². The van der Waals surface area contributed by atoms with Gasteiger partial charge in [-0.2, -0.15) is 5.26 Å². The zero-order chi connectivity index (χ0) is 12.8. The van der Waals surface area contributed by atoms with Crippen molar-refractivity contribution in [1.29, 1.82) is 5.26 Å². The van der Waals surface area contributed by atoms with Crippen molar-refractivity contribution >= 4 is 21.6 Å². The van der Waals surface area contributed by atoms with Crippen molar-refractivity contribution in [3.63, 3.8) is 0 Å². The predicted molar refractivity (Wildman–Crippen MR) is 75.3 cm³/mol. The Hall–Kier alpha value is -1.86. The number of nitriles is 1. The topological polar surface area (TPSA) is 48.7 Å². The summed E-state index contributed by atoms with van der Waals surface area (Å²) in [4.78, 5) is 4.08. The highest BCUT2D eigenvalue weighted by molar-refractivity contribution is 9.10. The number of pyridine rings is 1. The monoisotopic (exact) mass is 301 g/mol. The second-order valence-electron chi connectivity index (χ2n) is 3.84. The van der Waals surface area contributed by atoms with Crippen LogP contribution in [0.1, 0.15) is 11.1 Å². The summed E-state index contributed by atoms with van der Waals surface area (Å²) < 4.78 is 0.910. The minimum atomic E-state index is 0.652. The molecule has 0 atom stereocenters. The maximum absolute atomic E-state index is 8.78. The van der Waals surface area contributed by atoms with Crippen LogP contribution >= 0.6 is 15.9 Å². The Labute approximate surface area is 115 Å². The molecule has 0 saturated carbocycles. The smallest absolute Gasteiger partial charge is 0.0992 e. The largest absolute Gasteiger partial charge is 0.384 e. The van der Waals surface area contributed by atoms with Crippen molar-refractivity contribution in [2.24, 2.45) is 0 Å². The maximum Gasteiger partial charge on any atom is 0.0992 e. The van der Waals surface area contributed by atoms with Crippen molar-refractivity contribution in [1.82, 2.24) is 4.98 Å². The average Bonchev–Trinajstić information content (AvgIpc) is 2.42. The molecule has 0 radical (unpaired) electrons. The number of hydrogen-bond acceptors (Lipinski definition) is 3. The van der Waals surface area contributed by atoms with Gasteiger partial charge in [-0.1, -0.05) is 6.07 Å². The predicted octanol–water partition coefficient (Wildman–Crippen LogP) is 3.37. The van der Waals surface area contributed by atoms with Crippen LogP contribution in [0.25, 0.3) is 0 Å². The third kappa shape index (κ3) is 3.31. The van der Waals surface area contributed by atoms with E-state index in [-0.39, 0.29) is 0 Å². The number of rotatable bonds is 4.